The van der Waals surface area contributed by atoms with Gasteiger partial charge in [0.25, 0.3) is 0 Å². The molecule has 0 bridgehead atoms. The molecule has 0 atom stereocenters. The van der Waals surface area contributed by atoms with E-state index in [0.29, 0.717) is 0 Å². The van der Waals surface area contributed by atoms with Crippen molar-refractivity contribution in [3.8, 4) is 0 Å². The first-order chi connectivity index (χ1) is 22.2. The van der Waals surface area contributed by atoms with Crippen molar-refractivity contribution in [3.63, 3.8) is 0 Å². The van der Waals surface area contributed by atoms with Crippen molar-refractivity contribution in [2.75, 3.05) is 39.6 Å². The molecule has 45 heavy (non-hydrogen) atoms. The number of unbranched alkanes of at least 4 members (excludes halogenated alkanes) is 18. The Kier molecular flexibility index (Phi) is 63.6. The number of hydrogen-bond donors (Lipinski definition) is 0. The molecule has 270 valence electrons. The first-order valence-electron chi connectivity index (χ1n) is 19.2. The van der Waals surface area contributed by atoms with E-state index in [2.05, 4.69) is 41.5 Å². The van der Waals surface area contributed by atoms with E-state index in [0.717, 1.165) is 39.6 Å². The zero-order valence-corrected chi connectivity index (χ0v) is 39.7. The third-order valence-electron chi connectivity index (χ3n) is 6.95. The van der Waals surface area contributed by atoms with E-state index >= 15 is 0 Å². The molecule has 0 aliphatic rings. The molecule has 0 aromatic carbocycles. The number of hydrogen-bond acceptors (Lipinski definition) is 6. The summed E-state index contributed by atoms with van der Waals surface area (Å²) in [4.78, 5) is 0. The van der Waals surface area contributed by atoms with Gasteiger partial charge in [0, 0.05) is 0 Å². The Bertz CT molecular complexity index is 417. The zero-order chi connectivity index (χ0) is 33.6. The molecular formula is C36H78O6Sn3. The van der Waals surface area contributed by atoms with Gasteiger partial charge in [0.15, 0.2) is 0 Å². The van der Waals surface area contributed by atoms with Gasteiger partial charge in [-0.3, -0.25) is 0 Å². The van der Waals surface area contributed by atoms with Crippen molar-refractivity contribution >= 4 is 65.9 Å². The Morgan fingerprint density at radius 2 is 0.400 bits per heavy atom. The monoisotopic (exact) mass is 966 g/mol. The normalized spacial score (nSPS) is 10.8. The van der Waals surface area contributed by atoms with Crippen LogP contribution in [0.25, 0.3) is 0 Å². The van der Waals surface area contributed by atoms with Gasteiger partial charge in [0.05, 0.1) is 0 Å². The Morgan fingerprint density at radius 1 is 0.222 bits per heavy atom. The molecule has 0 aliphatic heterocycles. The predicted octanol–water partition coefficient (Wildman–Crippen LogP) is 11.1. The molecule has 0 amide bonds. The third kappa shape index (κ3) is 61.8. The summed E-state index contributed by atoms with van der Waals surface area (Å²) in [6.45, 7) is 18.9. The Morgan fingerprint density at radius 3 is 0.644 bits per heavy atom. The summed E-state index contributed by atoms with van der Waals surface area (Å²) in [5, 5.41) is 0. The van der Waals surface area contributed by atoms with Crippen LogP contribution in [0.4, 0.5) is 0 Å². The number of rotatable bonds is 36. The molecule has 0 unspecified atom stereocenters. The van der Waals surface area contributed by atoms with E-state index in [1.807, 2.05) is 0 Å². The van der Waals surface area contributed by atoms with Crippen LogP contribution in [0.2, 0.25) is 0 Å². The molecule has 6 radical (unpaired) electrons. The quantitative estimate of drug-likeness (QED) is 0.0461. The predicted molar refractivity (Wildman–Crippen MR) is 198 cm³/mol. The van der Waals surface area contributed by atoms with Crippen LogP contribution < -0.4 is 0 Å². The van der Waals surface area contributed by atoms with Crippen molar-refractivity contribution in [2.45, 2.75) is 196 Å². The van der Waals surface area contributed by atoms with Crippen molar-refractivity contribution < 1.29 is 18.4 Å². The van der Waals surface area contributed by atoms with E-state index < -0.39 is 65.9 Å². The van der Waals surface area contributed by atoms with E-state index in [1.54, 1.807) is 0 Å². The van der Waals surface area contributed by atoms with Gasteiger partial charge < -0.3 is 0 Å². The van der Waals surface area contributed by atoms with Gasteiger partial charge in [0.1, 0.15) is 0 Å². The SMILES string of the molecule is CCCCCCCC[O][Sn][O]CCCCCCCC.CCCCCC[O][Sn][O]CCCCCC.CCCC[O][Sn][O]CCCC. The maximum atomic E-state index is 5.63. The maximum absolute atomic E-state index is 5.63. The molecule has 6 nitrogen and oxygen atoms in total. The van der Waals surface area contributed by atoms with Gasteiger partial charge in [-0.2, -0.15) is 0 Å². The minimum atomic E-state index is -0.938. The van der Waals surface area contributed by atoms with Gasteiger partial charge in [-0.05, 0) is 0 Å². The van der Waals surface area contributed by atoms with Crippen molar-refractivity contribution in [1.82, 2.24) is 0 Å². The van der Waals surface area contributed by atoms with Gasteiger partial charge in [-0.15, -0.1) is 0 Å². The van der Waals surface area contributed by atoms with E-state index in [9.17, 15) is 0 Å². The zero-order valence-electron chi connectivity index (χ0n) is 31.2. The summed E-state index contributed by atoms with van der Waals surface area (Å²) in [5.41, 5.74) is 0. The Hall–Kier alpha value is 2.16. The molecule has 0 aromatic rings. The standard InChI is InChI=1S/2C8H17O.2C6H13O.2C4H9O.3Sn/c2*1-2-3-4-5-6-7-8-9;2*1-2-3-4-5-6-7;2*1-2-3-4-5;;;/h2*2-8H2,1H3;2*2-6H2,1H3;2*2-4H2,1H3;;;/q6*-1;3*+2. The van der Waals surface area contributed by atoms with Crippen LogP contribution in [-0.2, 0) is 18.4 Å². The van der Waals surface area contributed by atoms with Gasteiger partial charge in [-0.1, -0.05) is 0 Å². The van der Waals surface area contributed by atoms with E-state index in [4.69, 9.17) is 18.4 Å². The summed E-state index contributed by atoms with van der Waals surface area (Å²) < 4.78 is 33.1. The summed E-state index contributed by atoms with van der Waals surface area (Å²) >= 11 is -2.73. The molecule has 0 aromatic heterocycles. The third-order valence-corrected chi connectivity index (χ3v) is 12.5. The molecule has 0 aliphatic carbocycles. The Labute approximate surface area is 317 Å². The summed E-state index contributed by atoms with van der Waals surface area (Å²) in [5.74, 6) is 0. The topological polar surface area (TPSA) is 55.4 Å². The molecule has 0 heterocycles. The molecule has 0 N–H and O–H groups in total. The van der Waals surface area contributed by atoms with Crippen molar-refractivity contribution in [3.05, 3.63) is 0 Å². The van der Waals surface area contributed by atoms with Crippen LogP contribution >= 0.6 is 0 Å². The molecule has 9 heteroatoms. The van der Waals surface area contributed by atoms with Gasteiger partial charge in [-0.25, -0.2) is 0 Å². The van der Waals surface area contributed by atoms with Crippen molar-refractivity contribution in [2.24, 2.45) is 0 Å². The molecule has 0 rings (SSSR count). The fourth-order valence-electron chi connectivity index (χ4n) is 3.92. The summed E-state index contributed by atoms with van der Waals surface area (Å²) in [6.07, 6.45) is 31.2. The molecule has 0 saturated carbocycles. The van der Waals surface area contributed by atoms with E-state index in [1.165, 1.54) is 154 Å². The molecular weight excluding hydrogens is 885 g/mol. The van der Waals surface area contributed by atoms with Crippen LogP contribution in [0.5, 0.6) is 0 Å². The fourth-order valence-corrected chi connectivity index (χ4v) is 8.53. The first-order valence-corrected chi connectivity index (χ1v) is 26.2. The summed E-state index contributed by atoms with van der Waals surface area (Å²) in [7, 11) is 0. The minimum absolute atomic E-state index is 0.876. The second-order valence-electron chi connectivity index (χ2n) is 11.7. The summed E-state index contributed by atoms with van der Waals surface area (Å²) in [6, 6.07) is 0. The second kappa shape index (κ2) is 55.6. The van der Waals surface area contributed by atoms with Gasteiger partial charge in [0.2, 0.25) is 0 Å². The molecule has 0 spiro atoms. The van der Waals surface area contributed by atoms with Crippen LogP contribution in [-0.4, -0.2) is 106 Å². The first kappa shape index (κ1) is 51.5. The van der Waals surface area contributed by atoms with Crippen LogP contribution in [0.1, 0.15) is 196 Å². The average Bonchev–Trinajstić information content (AvgIpc) is 3.06. The van der Waals surface area contributed by atoms with E-state index in [-0.39, 0.29) is 0 Å². The molecule has 0 saturated heterocycles. The van der Waals surface area contributed by atoms with Crippen LogP contribution in [0.15, 0.2) is 0 Å². The average molecular weight is 963 g/mol. The van der Waals surface area contributed by atoms with Gasteiger partial charge >= 0.3 is 320 Å². The second-order valence-corrected chi connectivity index (χ2v) is 18.1. The molecule has 0 fully saturated rings. The fraction of sp³-hybridized carbons (Fsp3) is 1.00. The van der Waals surface area contributed by atoms with Crippen LogP contribution in [0, 0.1) is 0 Å². The van der Waals surface area contributed by atoms with Crippen LogP contribution in [0.3, 0.4) is 0 Å². The Balaban J connectivity index is -0.000000610. The van der Waals surface area contributed by atoms with Crippen molar-refractivity contribution in [1.29, 1.82) is 0 Å².